The molecule has 0 radical (unpaired) electrons. The van der Waals surface area contributed by atoms with Crippen LogP contribution in [0.25, 0.3) is 0 Å². The van der Waals surface area contributed by atoms with E-state index in [2.05, 4.69) is 22.0 Å². The molecule has 0 saturated heterocycles. The third-order valence-electron chi connectivity index (χ3n) is 2.75. The van der Waals surface area contributed by atoms with Gasteiger partial charge in [0.15, 0.2) is 5.78 Å². The number of hydrogen-bond acceptors (Lipinski definition) is 3. The molecule has 0 N–H and O–H groups in total. The Morgan fingerprint density at radius 3 is 2.50 bits per heavy atom. The maximum absolute atomic E-state index is 12.1. The Hall–Kier alpha value is -1.18. The molecule has 0 saturated carbocycles. The van der Waals surface area contributed by atoms with Crippen molar-refractivity contribution in [2.45, 2.75) is 26.3 Å². The highest BCUT2D eigenvalue weighted by Crippen LogP contribution is 2.12. The van der Waals surface area contributed by atoms with E-state index in [4.69, 9.17) is 5.26 Å². The van der Waals surface area contributed by atoms with Gasteiger partial charge >= 0.3 is 0 Å². The number of Topliss-reactive ketones (excluding diaryl/α,β-unsaturated/α-hetero) is 1. The van der Waals surface area contributed by atoms with Gasteiger partial charge < -0.3 is 0 Å². The van der Waals surface area contributed by atoms with E-state index in [0.717, 1.165) is 4.47 Å². The van der Waals surface area contributed by atoms with Crippen LogP contribution in [0.4, 0.5) is 0 Å². The zero-order chi connectivity index (χ0) is 13.5. The van der Waals surface area contributed by atoms with Crippen molar-refractivity contribution in [2.75, 3.05) is 13.1 Å². The molecule has 0 aromatic heterocycles. The van der Waals surface area contributed by atoms with E-state index in [-0.39, 0.29) is 11.8 Å². The molecule has 1 aromatic rings. The lowest BCUT2D eigenvalue weighted by Gasteiger charge is -2.24. The molecule has 0 bridgehead atoms. The zero-order valence-corrected chi connectivity index (χ0v) is 12.3. The lowest BCUT2D eigenvalue weighted by Crippen LogP contribution is -2.36. The molecule has 0 unspecified atom stereocenters. The lowest BCUT2D eigenvalue weighted by atomic mass is 10.1. The molecule has 0 aliphatic heterocycles. The van der Waals surface area contributed by atoms with Crippen LogP contribution in [0, 0.1) is 11.3 Å². The van der Waals surface area contributed by atoms with Gasteiger partial charge in [-0.05, 0) is 26.0 Å². The predicted octanol–water partition coefficient (Wildman–Crippen LogP) is 3.26. The summed E-state index contributed by atoms with van der Waals surface area (Å²) in [5.41, 5.74) is 0.709. The Balaban J connectivity index is 2.66. The van der Waals surface area contributed by atoms with Crippen LogP contribution < -0.4 is 0 Å². The fraction of sp³-hybridized carbons (Fsp3) is 0.429. The summed E-state index contributed by atoms with van der Waals surface area (Å²) in [7, 11) is 0. The van der Waals surface area contributed by atoms with Gasteiger partial charge in [-0.25, -0.2) is 0 Å². The highest BCUT2D eigenvalue weighted by Gasteiger charge is 2.14. The summed E-state index contributed by atoms with van der Waals surface area (Å²) in [6.07, 6.45) is 0.450. The number of nitriles is 1. The molecule has 96 valence electrons. The summed E-state index contributed by atoms with van der Waals surface area (Å²) in [4.78, 5) is 14.1. The number of halogens is 1. The van der Waals surface area contributed by atoms with Gasteiger partial charge in [0, 0.05) is 29.0 Å². The first-order valence-electron chi connectivity index (χ1n) is 5.94. The maximum Gasteiger partial charge on any atom is 0.176 e. The largest absolute Gasteiger partial charge is 0.293 e. The van der Waals surface area contributed by atoms with Crippen LogP contribution in [-0.4, -0.2) is 29.8 Å². The van der Waals surface area contributed by atoms with Crippen LogP contribution in [0.5, 0.6) is 0 Å². The fourth-order valence-corrected chi connectivity index (χ4v) is 1.89. The first kappa shape index (κ1) is 14.9. The van der Waals surface area contributed by atoms with Crippen LogP contribution in [0.2, 0.25) is 0 Å². The number of nitrogens with zero attached hydrogens (tertiary/aromatic N) is 2. The van der Waals surface area contributed by atoms with Crippen LogP contribution in [0.1, 0.15) is 30.6 Å². The molecular weight excluding hydrogens is 292 g/mol. The van der Waals surface area contributed by atoms with Gasteiger partial charge in [0.25, 0.3) is 0 Å². The standard InChI is InChI=1S/C14H17BrN2O/c1-11(2)17(9-3-8-16)10-14(18)12-4-6-13(15)7-5-12/h4-7,11H,3,9-10H2,1-2H3. The molecule has 18 heavy (non-hydrogen) atoms. The van der Waals surface area contributed by atoms with Crippen molar-refractivity contribution in [1.82, 2.24) is 4.90 Å². The van der Waals surface area contributed by atoms with Crippen molar-refractivity contribution < 1.29 is 4.79 Å². The molecular formula is C14H17BrN2O. The van der Waals surface area contributed by atoms with Gasteiger partial charge in [0.05, 0.1) is 12.6 Å². The number of benzene rings is 1. The van der Waals surface area contributed by atoms with Gasteiger partial charge in [-0.3, -0.25) is 9.69 Å². The van der Waals surface area contributed by atoms with Crippen molar-refractivity contribution in [3.8, 4) is 6.07 Å². The molecule has 4 heteroatoms. The smallest absolute Gasteiger partial charge is 0.176 e. The van der Waals surface area contributed by atoms with E-state index < -0.39 is 0 Å². The molecule has 0 heterocycles. The summed E-state index contributed by atoms with van der Waals surface area (Å²) in [6, 6.07) is 9.73. The second-order valence-electron chi connectivity index (χ2n) is 4.40. The number of rotatable bonds is 6. The van der Waals surface area contributed by atoms with Crippen LogP contribution in [0.3, 0.4) is 0 Å². The third-order valence-corrected chi connectivity index (χ3v) is 3.28. The summed E-state index contributed by atoms with van der Waals surface area (Å²) in [6.45, 7) is 5.07. The van der Waals surface area contributed by atoms with Gasteiger partial charge in [-0.1, -0.05) is 28.1 Å². The molecule has 1 rings (SSSR count). The van der Waals surface area contributed by atoms with Crippen LogP contribution in [0.15, 0.2) is 28.7 Å². The Morgan fingerprint density at radius 2 is 2.00 bits per heavy atom. The Kier molecular flexibility index (Phi) is 6.03. The van der Waals surface area contributed by atoms with E-state index >= 15 is 0 Å². The second-order valence-corrected chi connectivity index (χ2v) is 5.32. The van der Waals surface area contributed by atoms with Gasteiger partial charge in [-0.15, -0.1) is 0 Å². The number of carbonyl (C=O) groups is 1. The van der Waals surface area contributed by atoms with E-state index in [1.54, 1.807) is 0 Å². The van der Waals surface area contributed by atoms with E-state index in [0.29, 0.717) is 25.1 Å². The third kappa shape index (κ3) is 4.59. The second kappa shape index (κ2) is 7.30. The van der Waals surface area contributed by atoms with E-state index in [1.165, 1.54) is 0 Å². The normalized spacial score (nSPS) is 10.7. The first-order chi connectivity index (χ1) is 8.54. The molecule has 0 atom stereocenters. The topological polar surface area (TPSA) is 44.1 Å². The summed E-state index contributed by atoms with van der Waals surface area (Å²) < 4.78 is 0.962. The summed E-state index contributed by atoms with van der Waals surface area (Å²) in [5, 5.41) is 8.61. The molecule has 0 aliphatic rings. The molecule has 1 aromatic carbocycles. The van der Waals surface area contributed by atoms with Crippen molar-refractivity contribution in [2.24, 2.45) is 0 Å². The molecule has 0 amide bonds. The summed E-state index contributed by atoms with van der Waals surface area (Å²) in [5.74, 6) is 0.0918. The highest BCUT2D eigenvalue weighted by atomic mass is 79.9. The minimum Gasteiger partial charge on any atom is -0.293 e. The lowest BCUT2D eigenvalue weighted by molar-refractivity contribution is 0.0908. The quantitative estimate of drug-likeness (QED) is 0.758. The molecule has 0 spiro atoms. The van der Waals surface area contributed by atoms with Gasteiger partial charge in [0.2, 0.25) is 0 Å². The number of ketones is 1. The van der Waals surface area contributed by atoms with Crippen LogP contribution in [-0.2, 0) is 0 Å². The maximum atomic E-state index is 12.1. The van der Waals surface area contributed by atoms with E-state index in [1.807, 2.05) is 43.0 Å². The number of carbonyl (C=O) groups excluding carboxylic acids is 1. The molecule has 0 fully saturated rings. The summed E-state index contributed by atoms with van der Waals surface area (Å²) >= 11 is 3.35. The minimum absolute atomic E-state index is 0.0918. The Labute approximate surface area is 117 Å². The molecule has 0 aliphatic carbocycles. The first-order valence-corrected chi connectivity index (χ1v) is 6.73. The van der Waals surface area contributed by atoms with Gasteiger partial charge in [0.1, 0.15) is 0 Å². The van der Waals surface area contributed by atoms with E-state index in [9.17, 15) is 4.79 Å². The monoisotopic (exact) mass is 308 g/mol. The van der Waals surface area contributed by atoms with Crippen molar-refractivity contribution >= 4 is 21.7 Å². The average molecular weight is 309 g/mol. The van der Waals surface area contributed by atoms with Gasteiger partial charge in [-0.2, -0.15) is 5.26 Å². The minimum atomic E-state index is 0.0918. The SMILES string of the molecule is CC(C)N(CCC#N)CC(=O)c1ccc(Br)cc1. The Morgan fingerprint density at radius 1 is 1.39 bits per heavy atom. The molecule has 3 nitrogen and oxygen atoms in total. The van der Waals surface area contributed by atoms with Crippen molar-refractivity contribution in [1.29, 1.82) is 5.26 Å². The highest BCUT2D eigenvalue weighted by molar-refractivity contribution is 9.10. The van der Waals surface area contributed by atoms with Crippen molar-refractivity contribution in [3.63, 3.8) is 0 Å². The van der Waals surface area contributed by atoms with Crippen LogP contribution >= 0.6 is 15.9 Å². The number of hydrogen-bond donors (Lipinski definition) is 0. The average Bonchev–Trinajstić information content (AvgIpc) is 2.34. The zero-order valence-electron chi connectivity index (χ0n) is 10.7. The predicted molar refractivity (Wildman–Crippen MR) is 75.4 cm³/mol. The van der Waals surface area contributed by atoms with Crippen molar-refractivity contribution in [3.05, 3.63) is 34.3 Å². The Bertz CT molecular complexity index is 434. The fourth-order valence-electron chi connectivity index (χ4n) is 1.62.